The normalized spacial score (nSPS) is 22.1. The molecule has 18 heavy (non-hydrogen) atoms. The van der Waals surface area contributed by atoms with E-state index in [1.54, 1.807) is 6.07 Å². The molecule has 0 aromatic heterocycles. The van der Waals surface area contributed by atoms with Crippen LogP contribution in [-0.2, 0) is 0 Å². The lowest BCUT2D eigenvalue weighted by Gasteiger charge is -2.32. The summed E-state index contributed by atoms with van der Waals surface area (Å²) in [4.78, 5) is 14.3. The van der Waals surface area contributed by atoms with Gasteiger partial charge in [0, 0.05) is 25.7 Å². The first-order valence-electron chi connectivity index (χ1n) is 6.17. The van der Waals surface area contributed by atoms with Crippen LogP contribution in [-0.4, -0.2) is 43.3 Å². The number of nitrogens with zero attached hydrogens (tertiary/aromatic N) is 1. The zero-order chi connectivity index (χ0) is 12.5. The zero-order valence-corrected chi connectivity index (χ0v) is 10.3. The standard InChI is InChI=1S/C13H16N2O3/c1-9-7-15(6-5-14-9)13(16)10-3-2-4-11-12(10)18-8-17-11/h2-4,9,14H,5-8H2,1H3. The van der Waals surface area contributed by atoms with Crippen molar-refractivity contribution < 1.29 is 14.3 Å². The van der Waals surface area contributed by atoms with Crippen molar-refractivity contribution in [2.24, 2.45) is 0 Å². The summed E-state index contributed by atoms with van der Waals surface area (Å²) in [6.45, 7) is 4.56. The van der Waals surface area contributed by atoms with E-state index in [1.165, 1.54) is 0 Å². The summed E-state index contributed by atoms with van der Waals surface area (Å²) in [5.41, 5.74) is 0.596. The third kappa shape index (κ3) is 1.90. The number of fused-ring (bicyclic) bond motifs is 1. The van der Waals surface area contributed by atoms with Gasteiger partial charge in [-0.1, -0.05) is 6.07 Å². The quantitative estimate of drug-likeness (QED) is 0.800. The second kappa shape index (κ2) is 4.49. The van der Waals surface area contributed by atoms with Gasteiger partial charge in [0.15, 0.2) is 11.5 Å². The maximum absolute atomic E-state index is 12.5. The molecule has 96 valence electrons. The van der Waals surface area contributed by atoms with Gasteiger partial charge in [-0.3, -0.25) is 4.79 Å². The van der Waals surface area contributed by atoms with E-state index >= 15 is 0 Å². The van der Waals surface area contributed by atoms with Crippen LogP contribution >= 0.6 is 0 Å². The monoisotopic (exact) mass is 248 g/mol. The molecule has 5 nitrogen and oxygen atoms in total. The number of hydrogen-bond donors (Lipinski definition) is 1. The van der Waals surface area contributed by atoms with Crippen LogP contribution in [0.15, 0.2) is 18.2 Å². The molecular formula is C13H16N2O3. The molecule has 2 aliphatic rings. The van der Waals surface area contributed by atoms with Crippen molar-refractivity contribution in [1.29, 1.82) is 0 Å². The largest absolute Gasteiger partial charge is 0.454 e. The van der Waals surface area contributed by atoms with Crippen molar-refractivity contribution in [3.05, 3.63) is 23.8 Å². The van der Waals surface area contributed by atoms with Gasteiger partial charge in [0.1, 0.15) is 0 Å². The molecule has 1 unspecified atom stereocenters. The Morgan fingerprint density at radius 1 is 1.44 bits per heavy atom. The lowest BCUT2D eigenvalue weighted by molar-refractivity contribution is 0.0704. The molecule has 3 rings (SSSR count). The molecule has 1 aromatic carbocycles. The topological polar surface area (TPSA) is 50.8 Å². The number of nitrogens with one attached hydrogen (secondary N) is 1. The molecular weight excluding hydrogens is 232 g/mol. The Hall–Kier alpha value is -1.75. The van der Waals surface area contributed by atoms with E-state index in [0.717, 1.165) is 19.6 Å². The molecule has 0 radical (unpaired) electrons. The number of benzene rings is 1. The maximum atomic E-state index is 12.5. The number of rotatable bonds is 1. The third-order valence-electron chi connectivity index (χ3n) is 3.28. The van der Waals surface area contributed by atoms with Gasteiger partial charge in [0.2, 0.25) is 6.79 Å². The van der Waals surface area contributed by atoms with Crippen molar-refractivity contribution in [3.8, 4) is 11.5 Å². The van der Waals surface area contributed by atoms with Crippen LogP contribution in [0.2, 0.25) is 0 Å². The lowest BCUT2D eigenvalue weighted by Crippen LogP contribution is -2.51. The fraction of sp³-hybridized carbons (Fsp3) is 0.462. The molecule has 0 saturated carbocycles. The van der Waals surface area contributed by atoms with Crippen LogP contribution in [0, 0.1) is 0 Å². The Kier molecular flexibility index (Phi) is 2.83. The first-order valence-corrected chi connectivity index (χ1v) is 6.17. The van der Waals surface area contributed by atoms with Crippen molar-refractivity contribution >= 4 is 5.91 Å². The molecule has 1 fully saturated rings. The van der Waals surface area contributed by atoms with Gasteiger partial charge in [-0.05, 0) is 19.1 Å². The van der Waals surface area contributed by atoms with E-state index in [0.29, 0.717) is 23.1 Å². The second-order valence-corrected chi connectivity index (χ2v) is 4.65. The van der Waals surface area contributed by atoms with Gasteiger partial charge >= 0.3 is 0 Å². The Bertz CT molecular complexity index is 475. The fourth-order valence-corrected chi connectivity index (χ4v) is 2.39. The van der Waals surface area contributed by atoms with Gasteiger partial charge in [-0.2, -0.15) is 0 Å². The van der Waals surface area contributed by atoms with E-state index in [2.05, 4.69) is 12.2 Å². The highest BCUT2D eigenvalue weighted by Gasteiger charge is 2.27. The Morgan fingerprint density at radius 2 is 2.33 bits per heavy atom. The molecule has 1 amide bonds. The lowest BCUT2D eigenvalue weighted by atomic mass is 10.1. The SMILES string of the molecule is CC1CN(C(=O)c2cccc3c2OCO3)CCN1. The van der Waals surface area contributed by atoms with Gasteiger partial charge in [0.05, 0.1) is 5.56 Å². The summed E-state index contributed by atoms with van der Waals surface area (Å²) in [6.07, 6.45) is 0. The minimum atomic E-state index is 0.0192. The molecule has 1 aromatic rings. The summed E-state index contributed by atoms with van der Waals surface area (Å²) in [7, 11) is 0. The molecule has 0 spiro atoms. The highest BCUT2D eigenvalue weighted by Crippen LogP contribution is 2.35. The average molecular weight is 248 g/mol. The van der Waals surface area contributed by atoms with Crippen LogP contribution in [0.1, 0.15) is 17.3 Å². The van der Waals surface area contributed by atoms with E-state index < -0.39 is 0 Å². The summed E-state index contributed by atoms with van der Waals surface area (Å²) >= 11 is 0. The first-order chi connectivity index (χ1) is 8.75. The Labute approximate surface area is 106 Å². The number of hydrogen-bond acceptors (Lipinski definition) is 4. The number of ether oxygens (including phenoxy) is 2. The van der Waals surface area contributed by atoms with Crippen LogP contribution in [0.25, 0.3) is 0 Å². The maximum Gasteiger partial charge on any atom is 0.257 e. The van der Waals surface area contributed by atoms with Crippen LogP contribution < -0.4 is 14.8 Å². The predicted octanol–water partition coefficient (Wildman–Crippen LogP) is 0.849. The van der Waals surface area contributed by atoms with Crippen molar-refractivity contribution in [1.82, 2.24) is 10.2 Å². The summed E-state index contributed by atoms with van der Waals surface area (Å²) < 4.78 is 10.7. The zero-order valence-electron chi connectivity index (χ0n) is 10.3. The molecule has 2 heterocycles. The first kappa shape index (κ1) is 11.3. The second-order valence-electron chi connectivity index (χ2n) is 4.65. The number of amides is 1. The van der Waals surface area contributed by atoms with E-state index in [1.807, 2.05) is 17.0 Å². The fourth-order valence-electron chi connectivity index (χ4n) is 2.39. The summed E-state index contributed by atoms with van der Waals surface area (Å²) in [5, 5.41) is 3.32. The van der Waals surface area contributed by atoms with Gasteiger partial charge in [0.25, 0.3) is 5.91 Å². The minimum Gasteiger partial charge on any atom is -0.454 e. The van der Waals surface area contributed by atoms with Gasteiger partial charge < -0.3 is 19.7 Å². The minimum absolute atomic E-state index is 0.0192. The summed E-state index contributed by atoms with van der Waals surface area (Å²) in [5.74, 6) is 1.25. The average Bonchev–Trinajstić information content (AvgIpc) is 2.86. The van der Waals surface area contributed by atoms with Crippen molar-refractivity contribution in [3.63, 3.8) is 0 Å². The smallest absolute Gasteiger partial charge is 0.257 e. The van der Waals surface area contributed by atoms with Gasteiger partial charge in [-0.15, -0.1) is 0 Å². The molecule has 1 atom stereocenters. The molecule has 1 saturated heterocycles. The number of carbonyl (C=O) groups excluding carboxylic acids is 1. The van der Waals surface area contributed by atoms with Crippen molar-refractivity contribution in [2.75, 3.05) is 26.4 Å². The molecule has 0 aliphatic carbocycles. The van der Waals surface area contributed by atoms with Gasteiger partial charge in [-0.25, -0.2) is 0 Å². The number of piperazine rings is 1. The molecule has 5 heteroatoms. The van der Waals surface area contributed by atoms with E-state index in [9.17, 15) is 4.79 Å². The van der Waals surface area contributed by atoms with Crippen LogP contribution in [0.5, 0.6) is 11.5 Å². The number of carbonyl (C=O) groups is 1. The van der Waals surface area contributed by atoms with E-state index in [-0.39, 0.29) is 12.7 Å². The molecule has 2 aliphatic heterocycles. The summed E-state index contributed by atoms with van der Waals surface area (Å²) in [6, 6.07) is 5.77. The highest BCUT2D eigenvalue weighted by molar-refractivity contribution is 5.98. The molecule has 1 N–H and O–H groups in total. The van der Waals surface area contributed by atoms with Crippen LogP contribution in [0.4, 0.5) is 0 Å². The van der Waals surface area contributed by atoms with Crippen molar-refractivity contribution in [2.45, 2.75) is 13.0 Å². The predicted molar refractivity (Wildman–Crippen MR) is 65.9 cm³/mol. The van der Waals surface area contributed by atoms with Crippen LogP contribution in [0.3, 0.4) is 0 Å². The Balaban J connectivity index is 1.86. The number of para-hydroxylation sites is 1. The third-order valence-corrected chi connectivity index (χ3v) is 3.28. The Morgan fingerprint density at radius 3 is 3.17 bits per heavy atom. The van der Waals surface area contributed by atoms with E-state index in [4.69, 9.17) is 9.47 Å². The molecule has 0 bridgehead atoms. The highest BCUT2D eigenvalue weighted by atomic mass is 16.7.